The van der Waals surface area contributed by atoms with Gasteiger partial charge < -0.3 is 4.52 Å². The van der Waals surface area contributed by atoms with Crippen LogP contribution in [0.2, 0.25) is 0 Å². The monoisotopic (exact) mass is 94.0 g/mol. The molecule has 0 aromatic carbocycles. The first-order chi connectivity index (χ1) is 2.41. The van der Waals surface area contributed by atoms with E-state index in [1.807, 2.05) is 6.92 Å². The van der Waals surface area contributed by atoms with Gasteiger partial charge in [-0.1, -0.05) is 0 Å². The van der Waals surface area contributed by atoms with Gasteiger partial charge in [-0.2, -0.15) is 0 Å². The van der Waals surface area contributed by atoms with Crippen LogP contribution in [0, 0.1) is 0 Å². The van der Waals surface area contributed by atoms with Gasteiger partial charge in [-0.05, 0) is 6.92 Å². The molecule has 0 spiro atoms. The van der Waals surface area contributed by atoms with Crippen molar-refractivity contribution in [3.05, 3.63) is 0 Å². The third-order valence-electron chi connectivity index (χ3n) is 0.235. The van der Waals surface area contributed by atoms with E-state index < -0.39 is 8.69 Å². The maximum Gasteiger partial charge on any atom is 0.179 e. The van der Waals surface area contributed by atoms with Crippen molar-refractivity contribution in [2.24, 2.45) is 0 Å². The molecule has 0 fully saturated rings. The van der Waals surface area contributed by atoms with Gasteiger partial charge in [0.1, 0.15) is 0 Å². The molecule has 1 unspecified atom stereocenters. The molecule has 1 atom stereocenters. The molecule has 0 N–H and O–H groups in total. The topological polar surface area (TPSA) is 26.3 Å². The van der Waals surface area contributed by atoms with Crippen LogP contribution in [-0.4, -0.2) is 6.61 Å². The van der Waals surface area contributed by atoms with Crippen molar-refractivity contribution in [2.45, 2.75) is 6.92 Å². The molecule has 2 nitrogen and oxygen atoms in total. The molecule has 0 aliphatic carbocycles. The largest absolute Gasteiger partial charge is 0.333 e. The third-order valence-corrected chi connectivity index (χ3v) is 0.704. The highest BCUT2D eigenvalue weighted by Gasteiger charge is 1.60. The predicted molar refractivity (Wildman–Crippen MR) is 22.0 cm³/mol. The summed E-state index contributed by atoms with van der Waals surface area (Å²) in [5.41, 5.74) is 0. The fourth-order valence-electron chi connectivity index (χ4n) is 0.0680. The van der Waals surface area contributed by atoms with Crippen molar-refractivity contribution in [2.75, 3.05) is 6.61 Å². The van der Waals surface area contributed by atoms with Crippen molar-refractivity contribution in [3.63, 3.8) is 0 Å². The first kappa shape index (κ1) is 5.19. The fraction of sp³-hybridized carbons (Fsp3) is 1.00. The maximum absolute atomic E-state index is 9.39. The van der Waals surface area contributed by atoms with E-state index in [9.17, 15) is 4.57 Å². The molecular weight excluding hydrogens is 87.0 g/mol. The molecule has 0 radical (unpaired) electrons. The summed E-state index contributed by atoms with van der Waals surface area (Å²) >= 11 is 0. The Hall–Kier alpha value is 0.190. The summed E-state index contributed by atoms with van der Waals surface area (Å²) in [6, 6.07) is 0. The Kier molecular flexibility index (Phi) is 4.35. The van der Waals surface area contributed by atoms with Crippen LogP contribution in [0.5, 0.6) is 0 Å². The fourth-order valence-corrected chi connectivity index (χ4v) is 0.204. The molecule has 3 heteroatoms. The summed E-state index contributed by atoms with van der Waals surface area (Å²) in [6.45, 7) is 2.38. The minimum Gasteiger partial charge on any atom is -0.333 e. The van der Waals surface area contributed by atoms with E-state index in [-0.39, 0.29) is 0 Å². The van der Waals surface area contributed by atoms with E-state index in [0.717, 1.165) is 0 Å². The molecule has 0 bridgehead atoms. The van der Waals surface area contributed by atoms with Crippen LogP contribution in [0.15, 0.2) is 0 Å². The highest BCUT2D eigenvalue weighted by atomic mass is 31.1. The van der Waals surface area contributed by atoms with Crippen molar-refractivity contribution < 1.29 is 9.09 Å². The van der Waals surface area contributed by atoms with Crippen molar-refractivity contribution in [1.29, 1.82) is 0 Å². The van der Waals surface area contributed by atoms with Crippen LogP contribution in [0.25, 0.3) is 0 Å². The van der Waals surface area contributed by atoms with Crippen LogP contribution in [-0.2, 0) is 9.09 Å². The maximum atomic E-state index is 9.39. The summed E-state index contributed by atoms with van der Waals surface area (Å²) in [5.74, 6) is 0. The van der Waals surface area contributed by atoms with Crippen LogP contribution >= 0.6 is 8.69 Å². The average Bonchev–Trinajstić information content (AvgIpc) is 1.41. The van der Waals surface area contributed by atoms with Crippen LogP contribution in [0.1, 0.15) is 6.92 Å². The second kappa shape index (κ2) is 4.19. The van der Waals surface area contributed by atoms with Gasteiger partial charge in [-0.3, -0.25) is 4.57 Å². The molecule has 32 valence electrons. The average molecular weight is 94.0 g/mol. The molecular formula is C2H7O2P. The SMILES string of the molecule is CCO[PH2]=O. The molecule has 0 aromatic rings. The summed E-state index contributed by atoms with van der Waals surface area (Å²) in [6.07, 6.45) is 0. The lowest BCUT2D eigenvalue weighted by atomic mass is 10.9. The van der Waals surface area contributed by atoms with Crippen LogP contribution in [0.4, 0.5) is 0 Å². The zero-order valence-corrected chi connectivity index (χ0v) is 4.26. The molecule has 0 saturated heterocycles. The van der Waals surface area contributed by atoms with Crippen LogP contribution in [0.3, 0.4) is 0 Å². The van der Waals surface area contributed by atoms with E-state index in [2.05, 4.69) is 4.52 Å². The van der Waals surface area contributed by atoms with Gasteiger partial charge in [0.25, 0.3) is 0 Å². The third kappa shape index (κ3) is 4.19. The highest BCUT2D eigenvalue weighted by Crippen LogP contribution is 1.89. The van der Waals surface area contributed by atoms with Crippen molar-refractivity contribution in [3.8, 4) is 0 Å². The summed E-state index contributed by atoms with van der Waals surface area (Å²) in [5, 5.41) is 0. The van der Waals surface area contributed by atoms with Gasteiger partial charge in [0.2, 0.25) is 0 Å². The summed E-state index contributed by atoms with van der Waals surface area (Å²) in [4.78, 5) is 0. The Morgan fingerprint density at radius 1 is 2.00 bits per heavy atom. The molecule has 5 heavy (non-hydrogen) atoms. The molecule has 0 saturated carbocycles. The number of hydrogen-bond donors (Lipinski definition) is 0. The lowest BCUT2D eigenvalue weighted by Crippen LogP contribution is -1.65. The molecule has 0 heterocycles. The van der Waals surface area contributed by atoms with Gasteiger partial charge in [0.15, 0.2) is 8.69 Å². The van der Waals surface area contributed by atoms with Crippen molar-refractivity contribution >= 4 is 8.69 Å². The lowest BCUT2D eigenvalue weighted by Gasteiger charge is -1.76. The first-order valence-corrected chi connectivity index (χ1v) is 2.41. The molecule has 0 amide bonds. The Labute approximate surface area is 32.4 Å². The quantitative estimate of drug-likeness (QED) is 0.470. The van der Waals surface area contributed by atoms with Crippen molar-refractivity contribution in [1.82, 2.24) is 0 Å². The van der Waals surface area contributed by atoms with Gasteiger partial charge in [0, 0.05) is 0 Å². The predicted octanol–water partition coefficient (Wildman–Crippen LogP) is 0.694. The number of hydrogen-bond acceptors (Lipinski definition) is 2. The normalized spacial score (nSPS) is 10.6. The number of rotatable bonds is 2. The van der Waals surface area contributed by atoms with Gasteiger partial charge in [-0.25, -0.2) is 0 Å². The molecule has 0 aromatic heterocycles. The Morgan fingerprint density at radius 2 is 2.60 bits per heavy atom. The van der Waals surface area contributed by atoms with Crippen LogP contribution < -0.4 is 0 Å². The highest BCUT2D eigenvalue weighted by molar-refractivity contribution is 7.17. The Balaban J connectivity index is 2.40. The van der Waals surface area contributed by atoms with E-state index in [1.165, 1.54) is 0 Å². The molecule has 0 rings (SSSR count). The van der Waals surface area contributed by atoms with Gasteiger partial charge in [-0.15, -0.1) is 0 Å². The van der Waals surface area contributed by atoms with E-state index in [1.54, 1.807) is 0 Å². The van der Waals surface area contributed by atoms with E-state index in [4.69, 9.17) is 0 Å². The second-order valence-corrected chi connectivity index (χ2v) is 1.08. The summed E-state index contributed by atoms with van der Waals surface area (Å²) in [7, 11) is -0.964. The lowest BCUT2D eigenvalue weighted by molar-refractivity contribution is 0.365. The van der Waals surface area contributed by atoms with E-state index in [0.29, 0.717) is 6.61 Å². The second-order valence-electron chi connectivity index (χ2n) is 0.552. The Bertz CT molecular complexity index is 28.8. The standard InChI is InChI=1S/C2H7O2P/c1-2-4-5-3/h2,5H2,1H3. The molecule has 0 aliphatic heterocycles. The first-order valence-electron chi connectivity index (χ1n) is 1.47. The molecule has 0 aliphatic rings. The zero-order valence-electron chi connectivity index (χ0n) is 3.10. The summed E-state index contributed by atoms with van der Waals surface area (Å²) < 4.78 is 13.8. The minimum absolute atomic E-state index is 0.568. The van der Waals surface area contributed by atoms with Gasteiger partial charge in [0.05, 0.1) is 6.61 Å². The Morgan fingerprint density at radius 3 is 2.60 bits per heavy atom. The zero-order chi connectivity index (χ0) is 4.12. The van der Waals surface area contributed by atoms with E-state index >= 15 is 0 Å². The minimum atomic E-state index is -0.964. The van der Waals surface area contributed by atoms with Gasteiger partial charge >= 0.3 is 0 Å². The smallest absolute Gasteiger partial charge is 0.179 e.